The van der Waals surface area contributed by atoms with Gasteiger partial charge in [0.1, 0.15) is 5.75 Å². The van der Waals surface area contributed by atoms with Crippen LogP contribution < -0.4 is 0 Å². The van der Waals surface area contributed by atoms with Crippen LogP contribution in [0.25, 0.3) is 22.0 Å². The van der Waals surface area contributed by atoms with Crippen molar-refractivity contribution in [1.82, 2.24) is 4.98 Å². The summed E-state index contributed by atoms with van der Waals surface area (Å²) in [4.78, 5) is 4.29. The highest BCUT2D eigenvalue weighted by Crippen LogP contribution is 2.31. The maximum Gasteiger partial charge on any atom is 0.116 e. The Morgan fingerprint density at radius 1 is 1.00 bits per heavy atom. The van der Waals surface area contributed by atoms with Crippen LogP contribution in [0.1, 0.15) is 0 Å². The Morgan fingerprint density at radius 3 is 2.67 bits per heavy atom. The standard InChI is InChI=1S/C15H10ClNO/c16-14-6-2-5-13-12(7-8-17-15(13)14)10-3-1-4-11(18)9-10/h1-9,18H. The van der Waals surface area contributed by atoms with Gasteiger partial charge in [-0.3, -0.25) is 4.98 Å². The van der Waals surface area contributed by atoms with Crippen molar-refractivity contribution in [2.75, 3.05) is 0 Å². The smallest absolute Gasteiger partial charge is 0.116 e. The SMILES string of the molecule is Oc1cccc(-c2ccnc3c(Cl)cccc23)c1. The van der Waals surface area contributed by atoms with E-state index in [9.17, 15) is 5.11 Å². The number of phenolic OH excluding ortho intramolecular Hbond substituents is 1. The molecule has 0 aliphatic heterocycles. The Morgan fingerprint density at radius 2 is 1.83 bits per heavy atom. The van der Waals surface area contributed by atoms with Gasteiger partial charge in [-0.1, -0.05) is 35.9 Å². The van der Waals surface area contributed by atoms with Gasteiger partial charge in [0.05, 0.1) is 10.5 Å². The molecule has 0 fully saturated rings. The third-order valence-corrected chi connectivity index (χ3v) is 3.18. The first-order valence-electron chi connectivity index (χ1n) is 5.58. The Bertz CT molecular complexity index is 725. The lowest BCUT2D eigenvalue weighted by atomic mass is 10.0. The summed E-state index contributed by atoms with van der Waals surface area (Å²) in [6.07, 6.45) is 1.73. The molecule has 1 aromatic heterocycles. The van der Waals surface area contributed by atoms with Crippen molar-refractivity contribution < 1.29 is 5.11 Å². The minimum Gasteiger partial charge on any atom is -0.508 e. The van der Waals surface area contributed by atoms with Gasteiger partial charge >= 0.3 is 0 Å². The highest BCUT2D eigenvalue weighted by atomic mass is 35.5. The minimum absolute atomic E-state index is 0.250. The van der Waals surface area contributed by atoms with E-state index in [0.29, 0.717) is 5.02 Å². The summed E-state index contributed by atoms with van der Waals surface area (Å²) < 4.78 is 0. The molecule has 0 aliphatic rings. The van der Waals surface area contributed by atoms with Crippen LogP contribution in [0, 0.1) is 0 Å². The average Bonchev–Trinajstić information content (AvgIpc) is 2.39. The molecule has 18 heavy (non-hydrogen) atoms. The third-order valence-electron chi connectivity index (χ3n) is 2.88. The number of nitrogens with zero attached hydrogens (tertiary/aromatic N) is 1. The first kappa shape index (κ1) is 11.1. The first-order valence-corrected chi connectivity index (χ1v) is 5.96. The molecule has 2 nitrogen and oxygen atoms in total. The van der Waals surface area contributed by atoms with Crippen molar-refractivity contribution in [3.05, 3.63) is 59.8 Å². The molecule has 3 aromatic rings. The normalized spacial score (nSPS) is 10.7. The van der Waals surface area contributed by atoms with Crippen LogP contribution in [-0.2, 0) is 0 Å². The van der Waals surface area contributed by atoms with Gasteiger partial charge < -0.3 is 5.11 Å². The number of pyridine rings is 1. The van der Waals surface area contributed by atoms with Crippen molar-refractivity contribution in [1.29, 1.82) is 0 Å². The minimum atomic E-state index is 0.250. The number of aromatic hydroxyl groups is 1. The van der Waals surface area contributed by atoms with Crippen LogP contribution in [-0.4, -0.2) is 10.1 Å². The number of phenols is 1. The summed E-state index contributed by atoms with van der Waals surface area (Å²) in [6.45, 7) is 0. The van der Waals surface area contributed by atoms with Crippen molar-refractivity contribution in [3.8, 4) is 16.9 Å². The third kappa shape index (κ3) is 1.81. The topological polar surface area (TPSA) is 33.1 Å². The fraction of sp³-hybridized carbons (Fsp3) is 0. The fourth-order valence-electron chi connectivity index (χ4n) is 2.07. The molecule has 1 N–H and O–H groups in total. The summed E-state index contributed by atoms with van der Waals surface area (Å²) in [6, 6.07) is 14.8. The van der Waals surface area contributed by atoms with Gasteiger partial charge in [0.25, 0.3) is 0 Å². The number of halogens is 1. The van der Waals surface area contributed by atoms with Crippen LogP contribution >= 0.6 is 11.6 Å². The maximum atomic E-state index is 9.56. The number of rotatable bonds is 1. The van der Waals surface area contributed by atoms with E-state index >= 15 is 0 Å². The molecule has 1 heterocycles. The molecular weight excluding hydrogens is 246 g/mol. The van der Waals surface area contributed by atoms with E-state index in [1.165, 1.54) is 0 Å². The lowest BCUT2D eigenvalue weighted by Gasteiger charge is -2.07. The monoisotopic (exact) mass is 255 g/mol. The van der Waals surface area contributed by atoms with Gasteiger partial charge in [-0.25, -0.2) is 0 Å². The molecule has 0 unspecified atom stereocenters. The summed E-state index contributed by atoms with van der Waals surface area (Å²) in [5, 5.41) is 11.2. The lowest BCUT2D eigenvalue weighted by Crippen LogP contribution is -1.85. The number of benzene rings is 2. The average molecular weight is 256 g/mol. The van der Waals surface area contributed by atoms with E-state index in [0.717, 1.165) is 22.0 Å². The highest BCUT2D eigenvalue weighted by molar-refractivity contribution is 6.35. The first-order chi connectivity index (χ1) is 8.75. The number of hydrogen-bond acceptors (Lipinski definition) is 2. The van der Waals surface area contributed by atoms with E-state index in [-0.39, 0.29) is 5.75 Å². The molecule has 0 spiro atoms. The van der Waals surface area contributed by atoms with Gasteiger partial charge in [-0.15, -0.1) is 0 Å². The molecule has 3 heteroatoms. The molecule has 0 saturated carbocycles. The molecule has 0 atom stereocenters. The van der Waals surface area contributed by atoms with Gasteiger partial charge in [0.2, 0.25) is 0 Å². The molecule has 88 valence electrons. The number of hydrogen-bond donors (Lipinski definition) is 1. The maximum absolute atomic E-state index is 9.56. The van der Waals surface area contributed by atoms with E-state index in [4.69, 9.17) is 11.6 Å². The Balaban J connectivity index is 2.33. The van der Waals surface area contributed by atoms with Crippen molar-refractivity contribution in [2.45, 2.75) is 0 Å². The molecule has 0 amide bonds. The largest absolute Gasteiger partial charge is 0.508 e. The van der Waals surface area contributed by atoms with Crippen LogP contribution in [0.4, 0.5) is 0 Å². The van der Waals surface area contributed by atoms with Gasteiger partial charge in [0, 0.05) is 11.6 Å². The summed E-state index contributed by atoms with van der Waals surface area (Å²) >= 11 is 6.14. The van der Waals surface area contributed by atoms with Gasteiger partial charge in [-0.2, -0.15) is 0 Å². The molecule has 0 saturated heterocycles. The predicted molar refractivity (Wildman–Crippen MR) is 73.9 cm³/mol. The van der Waals surface area contributed by atoms with E-state index in [1.54, 1.807) is 18.3 Å². The van der Waals surface area contributed by atoms with Crippen LogP contribution in [0.15, 0.2) is 54.7 Å². The predicted octanol–water partition coefficient (Wildman–Crippen LogP) is 4.26. The lowest BCUT2D eigenvalue weighted by molar-refractivity contribution is 0.475. The highest BCUT2D eigenvalue weighted by Gasteiger charge is 2.07. The summed E-state index contributed by atoms with van der Waals surface area (Å²) in [5.41, 5.74) is 2.74. The van der Waals surface area contributed by atoms with Crippen LogP contribution in [0.5, 0.6) is 5.75 Å². The molecule has 0 bridgehead atoms. The second-order valence-electron chi connectivity index (χ2n) is 4.04. The Hall–Kier alpha value is -2.06. The van der Waals surface area contributed by atoms with E-state index < -0.39 is 0 Å². The number of para-hydroxylation sites is 1. The van der Waals surface area contributed by atoms with E-state index in [1.807, 2.05) is 36.4 Å². The zero-order chi connectivity index (χ0) is 12.5. The zero-order valence-corrected chi connectivity index (χ0v) is 10.2. The van der Waals surface area contributed by atoms with Crippen molar-refractivity contribution in [3.63, 3.8) is 0 Å². The van der Waals surface area contributed by atoms with Crippen molar-refractivity contribution >= 4 is 22.5 Å². The second-order valence-corrected chi connectivity index (χ2v) is 4.45. The molecule has 3 rings (SSSR count). The number of aromatic nitrogens is 1. The zero-order valence-electron chi connectivity index (χ0n) is 9.47. The van der Waals surface area contributed by atoms with Crippen LogP contribution in [0.2, 0.25) is 5.02 Å². The fourth-order valence-corrected chi connectivity index (χ4v) is 2.29. The number of fused-ring (bicyclic) bond motifs is 1. The van der Waals surface area contributed by atoms with Crippen LogP contribution in [0.3, 0.4) is 0 Å². The molecule has 0 radical (unpaired) electrons. The summed E-state index contributed by atoms with van der Waals surface area (Å²) in [7, 11) is 0. The Labute approximate surface area is 109 Å². The van der Waals surface area contributed by atoms with Gasteiger partial charge in [-0.05, 0) is 35.4 Å². The molecular formula is C15H10ClNO. The van der Waals surface area contributed by atoms with Crippen molar-refractivity contribution in [2.24, 2.45) is 0 Å². The molecule has 0 aliphatic carbocycles. The molecule has 2 aromatic carbocycles. The summed E-state index contributed by atoms with van der Waals surface area (Å²) in [5.74, 6) is 0.250. The van der Waals surface area contributed by atoms with E-state index in [2.05, 4.69) is 4.98 Å². The second kappa shape index (κ2) is 4.31. The van der Waals surface area contributed by atoms with Gasteiger partial charge in [0.15, 0.2) is 0 Å². The Kier molecular flexibility index (Phi) is 2.65. The quantitative estimate of drug-likeness (QED) is 0.705.